The molecular formula is C10H18N2O2S4Zn. The van der Waals surface area contributed by atoms with Crippen LogP contribution in [0.15, 0.2) is 25.7 Å². The molecule has 4 nitrogen and oxygen atoms in total. The number of ether oxygens (including phenoxy) is 2. The zero-order valence-corrected chi connectivity index (χ0v) is 17.0. The van der Waals surface area contributed by atoms with Crippen LogP contribution in [0.3, 0.4) is 0 Å². The molecule has 0 aliphatic rings. The SMILES string of the molecule is C=COCCNC(=S)S.C=COCCNC(=S)S.[Zn]. The Bertz CT molecular complexity index is 242. The Kier molecular flexibility index (Phi) is 26.1. The van der Waals surface area contributed by atoms with Gasteiger partial charge >= 0.3 is 0 Å². The first-order valence-corrected chi connectivity index (χ1v) is 6.64. The van der Waals surface area contributed by atoms with Gasteiger partial charge in [0, 0.05) is 19.5 Å². The monoisotopic (exact) mass is 390 g/mol. The first kappa shape index (κ1) is 24.2. The van der Waals surface area contributed by atoms with Crippen molar-refractivity contribution in [1.82, 2.24) is 10.6 Å². The first-order chi connectivity index (χ1) is 8.54. The minimum Gasteiger partial charge on any atom is -0.500 e. The molecular weight excluding hydrogens is 374 g/mol. The van der Waals surface area contributed by atoms with Gasteiger partial charge in [0.25, 0.3) is 0 Å². The van der Waals surface area contributed by atoms with E-state index in [9.17, 15) is 0 Å². The van der Waals surface area contributed by atoms with E-state index in [1.807, 2.05) is 0 Å². The molecule has 2 N–H and O–H groups in total. The summed E-state index contributed by atoms with van der Waals surface area (Å²) in [6, 6.07) is 0. The Morgan fingerprint density at radius 1 is 0.947 bits per heavy atom. The van der Waals surface area contributed by atoms with E-state index in [0.717, 1.165) is 0 Å². The third-order valence-corrected chi connectivity index (χ3v) is 1.83. The molecule has 0 aromatic rings. The standard InChI is InChI=1S/2C5H9NOS2.Zn/c2*1-2-7-4-3-6-5(8)9;/h2*2H,1,3-4H2,(H2,6,8,9);. The molecule has 0 heterocycles. The first-order valence-electron chi connectivity index (χ1n) is 4.93. The van der Waals surface area contributed by atoms with Crippen molar-refractivity contribution in [2.45, 2.75) is 0 Å². The van der Waals surface area contributed by atoms with Crippen LogP contribution in [0.1, 0.15) is 0 Å². The van der Waals surface area contributed by atoms with Crippen LogP contribution in [0.5, 0.6) is 0 Å². The number of hydrogen-bond donors (Lipinski definition) is 4. The summed E-state index contributed by atoms with van der Waals surface area (Å²) in [4.78, 5) is 0. The third-order valence-electron chi connectivity index (χ3n) is 1.23. The fraction of sp³-hybridized carbons (Fsp3) is 0.400. The minimum atomic E-state index is 0. The normalized spacial score (nSPS) is 7.68. The van der Waals surface area contributed by atoms with Crippen molar-refractivity contribution in [1.29, 1.82) is 0 Å². The summed E-state index contributed by atoms with van der Waals surface area (Å²) in [5, 5.41) is 5.61. The van der Waals surface area contributed by atoms with Gasteiger partial charge in [0.2, 0.25) is 0 Å². The molecule has 0 unspecified atom stereocenters. The summed E-state index contributed by atoms with van der Waals surface area (Å²) in [6.45, 7) is 9.25. The van der Waals surface area contributed by atoms with Gasteiger partial charge in [-0.05, 0) is 0 Å². The van der Waals surface area contributed by atoms with Gasteiger partial charge < -0.3 is 20.1 Å². The predicted molar refractivity (Wildman–Crippen MR) is 91.5 cm³/mol. The fourth-order valence-corrected chi connectivity index (χ4v) is 1.03. The Morgan fingerprint density at radius 2 is 1.26 bits per heavy atom. The molecule has 0 spiro atoms. The summed E-state index contributed by atoms with van der Waals surface area (Å²) in [5.41, 5.74) is 0. The molecule has 0 aromatic carbocycles. The second-order valence-corrected chi connectivity index (χ2v) is 4.85. The summed E-state index contributed by atoms with van der Waals surface area (Å²) >= 11 is 16.9. The largest absolute Gasteiger partial charge is 0.500 e. The van der Waals surface area contributed by atoms with E-state index in [2.05, 4.69) is 73.5 Å². The van der Waals surface area contributed by atoms with Crippen molar-refractivity contribution >= 4 is 58.3 Å². The Balaban J connectivity index is -0.000000256. The van der Waals surface area contributed by atoms with E-state index in [-0.39, 0.29) is 19.5 Å². The summed E-state index contributed by atoms with van der Waals surface area (Å²) in [7, 11) is 0. The van der Waals surface area contributed by atoms with E-state index >= 15 is 0 Å². The van der Waals surface area contributed by atoms with Crippen LogP contribution >= 0.6 is 49.7 Å². The van der Waals surface area contributed by atoms with Crippen molar-refractivity contribution in [2.75, 3.05) is 26.3 Å². The molecule has 19 heavy (non-hydrogen) atoms. The molecule has 0 radical (unpaired) electrons. The molecule has 0 aliphatic heterocycles. The van der Waals surface area contributed by atoms with Gasteiger partial charge in [-0.3, -0.25) is 0 Å². The van der Waals surface area contributed by atoms with Gasteiger partial charge in [0.1, 0.15) is 21.9 Å². The van der Waals surface area contributed by atoms with E-state index in [1.54, 1.807) is 0 Å². The molecule has 106 valence electrons. The van der Waals surface area contributed by atoms with Crippen molar-refractivity contribution < 1.29 is 29.0 Å². The van der Waals surface area contributed by atoms with Crippen LogP contribution in [-0.2, 0) is 29.0 Å². The second kappa shape index (κ2) is 20.5. The predicted octanol–water partition coefficient (Wildman–Crippen LogP) is 1.90. The molecule has 0 fully saturated rings. The van der Waals surface area contributed by atoms with Crippen LogP contribution in [0, 0.1) is 0 Å². The van der Waals surface area contributed by atoms with Crippen LogP contribution in [0.4, 0.5) is 0 Å². The molecule has 0 amide bonds. The van der Waals surface area contributed by atoms with Gasteiger partial charge in [0.05, 0.1) is 25.6 Å². The molecule has 0 aliphatic carbocycles. The quantitative estimate of drug-likeness (QED) is 0.167. The number of nitrogens with one attached hydrogen (secondary N) is 2. The van der Waals surface area contributed by atoms with E-state index < -0.39 is 0 Å². The molecule has 0 atom stereocenters. The van der Waals surface area contributed by atoms with Crippen LogP contribution in [0.2, 0.25) is 0 Å². The summed E-state index contributed by atoms with van der Waals surface area (Å²) < 4.78 is 10.6. The van der Waals surface area contributed by atoms with Gasteiger partial charge in [-0.25, -0.2) is 0 Å². The zero-order valence-electron chi connectivity index (χ0n) is 10.6. The van der Waals surface area contributed by atoms with Crippen molar-refractivity contribution in [3.63, 3.8) is 0 Å². The van der Waals surface area contributed by atoms with Crippen molar-refractivity contribution in [3.8, 4) is 0 Å². The molecule has 9 heteroatoms. The maximum Gasteiger partial charge on any atom is 0.130 e. The summed E-state index contributed by atoms with van der Waals surface area (Å²) in [6.07, 6.45) is 2.78. The molecule has 0 rings (SSSR count). The van der Waals surface area contributed by atoms with Gasteiger partial charge in [0.15, 0.2) is 0 Å². The molecule has 0 bridgehead atoms. The Morgan fingerprint density at radius 3 is 1.47 bits per heavy atom. The fourth-order valence-electron chi connectivity index (χ4n) is 0.600. The average Bonchev–Trinajstić information content (AvgIpc) is 2.31. The van der Waals surface area contributed by atoms with E-state index in [1.165, 1.54) is 12.5 Å². The van der Waals surface area contributed by atoms with Crippen LogP contribution < -0.4 is 10.6 Å². The number of thiol groups is 2. The zero-order chi connectivity index (χ0) is 14.2. The van der Waals surface area contributed by atoms with E-state index in [4.69, 9.17) is 9.47 Å². The van der Waals surface area contributed by atoms with Crippen molar-refractivity contribution in [3.05, 3.63) is 25.7 Å². The Labute approximate surface area is 149 Å². The number of rotatable bonds is 8. The minimum absolute atomic E-state index is 0. The number of hydrogen-bond acceptors (Lipinski definition) is 4. The van der Waals surface area contributed by atoms with Crippen LogP contribution in [0.25, 0.3) is 0 Å². The maximum atomic E-state index is 4.79. The summed E-state index contributed by atoms with van der Waals surface area (Å²) in [5.74, 6) is 0. The van der Waals surface area contributed by atoms with Gasteiger partial charge in [-0.15, -0.1) is 25.3 Å². The van der Waals surface area contributed by atoms with Crippen LogP contribution in [-0.4, -0.2) is 34.9 Å². The van der Waals surface area contributed by atoms with E-state index in [0.29, 0.717) is 34.9 Å². The molecule has 0 aromatic heterocycles. The topological polar surface area (TPSA) is 42.5 Å². The Hall–Kier alpha value is 0.183. The average molecular weight is 392 g/mol. The molecule has 0 saturated carbocycles. The van der Waals surface area contributed by atoms with Gasteiger partial charge in [-0.2, -0.15) is 0 Å². The van der Waals surface area contributed by atoms with Crippen molar-refractivity contribution in [2.24, 2.45) is 0 Å². The molecule has 0 saturated heterocycles. The smallest absolute Gasteiger partial charge is 0.130 e. The van der Waals surface area contributed by atoms with Gasteiger partial charge in [-0.1, -0.05) is 37.6 Å². The third kappa shape index (κ3) is 32.1. The number of thiocarbonyl (C=S) groups is 2. The maximum absolute atomic E-state index is 4.79. The second-order valence-electron chi connectivity index (χ2n) is 2.54.